The Morgan fingerprint density at radius 3 is 2.39 bits per heavy atom. The summed E-state index contributed by atoms with van der Waals surface area (Å²) in [5.41, 5.74) is 3.18. The van der Waals surface area contributed by atoms with E-state index in [9.17, 15) is 0 Å². The number of benzene rings is 2. The van der Waals surface area contributed by atoms with E-state index in [1.165, 1.54) is 0 Å². The van der Waals surface area contributed by atoms with E-state index < -0.39 is 0 Å². The number of imidazole rings is 1. The number of anilines is 2. The van der Waals surface area contributed by atoms with Crippen LogP contribution in [0.4, 0.5) is 11.6 Å². The van der Waals surface area contributed by atoms with Crippen LogP contribution >= 0.6 is 34.8 Å². The van der Waals surface area contributed by atoms with Crippen molar-refractivity contribution in [2.45, 2.75) is 6.42 Å². The number of nitrogens with zero attached hydrogens (tertiary/aromatic N) is 3. The van der Waals surface area contributed by atoms with Crippen molar-refractivity contribution in [3.8, 4) is 11.4 Å². The number of H-pyrrole nitrogens is 1. The molecule has 0 radical (unpaired) electrons. The minimum Gasteiger partial charge on any atom is -0.340 e. The van der Waals surface area contributed by atoms with Crippen LogP contribution in [0.3, 0.4) is 0 Å². The van der Waals surface area contributed by atoms with E-state index >= 15 is 0 Å². The summed E-state index contributed by atoms with van der Waals surface area (Å²) in [7, 11) is 0. The fourth-order valence-corrected chi connectivity index (χ4v) is 3.34. The summed E-state index contributed by atoms with van der Waals surface area (Å²) in [5, 5.41) is 5.05. The van der Waals surface area contributed by atoms with Gasteiger partial charge in [0.25, 0.3) is 0 Å². The molecule has 0 unspecified atom stereocenters. The number of rotatable bonds is 5. The van der Waals surface area contributed by atoms with Crippen LogP contribution in [0.5, 0.6) is 0 Å². The Morgan fingerprint density at radius 1 is 0.893 bits per heavy atom. The van der Waals surface area contributed by atoms with Crippen molar-refractivity contribution in [1.82, 2.24) is 19.9 Å². The third-order valence-corrected chi connectivity index (χ3v) is 5.03. The standard InChI is InChI=1S/C20H14Cl3N5/c21-12-4-6-13(7-5-12)26-20-24-9-8-17(28-20)18-11-25-19(27-18)10-14-15(22)2-1-3-16(14)23/h1-9,11H,10H2,(H,25,27)(H,24,26,28). The van der Waals surface area contributed by atoms with E-state index in [4.69, 9.17) is 34.8 Å². The highest BCUT2D eigenvalue weighted by atomic mass is 35.5. The van der Waals surface area contributed by atoms with Gasteiger partial charge in [0.1, 0.15) is 5.82 Å². The molecule has 0 spiro atoms. The van der Waals surface area contributed by atoms with Gasteiger partial charge in [0.15, 0.2) is 0 Å². The van der Waals surface area contributed by atoms with Crippen LogP contribution in [0.2, 0.25) is 15.1 Å². The van der Waals surface area contributed by atoms with Crippen molar-refractivity contribution in [2.24, 2.45) is 0 Å². The second-order valence-corrected chi connectivity index (χ2v) is 7.27. The Bertz CT molecular complexity index is 1090. The van der Waals surface area contributed by atoms with Gasteiger partial charge in [-0.2, -0.15) is 0 Å². The minimum atomic E-state index is 0.477. The average molecular weight is 431 g/mol. The molecular formula is C20H14Cl3N5. The summed E-state index contributed by atoms with van der Waals surface area (Å²) >= 11 is 18.4. The largest absolute Gasteiger partial charge is 0.340 e. The molecule has 0 aliphatic heterocycles. The highest BCUT2D eigenvalue weighted by Crippen LogP contribution is 2.27. The van der Waals surface area contributed by atoms with Crippen LogP contribution in [-0.2, 0) is 6.42 Å². The lowest BCUT2D eigenvalue weighted by molar-refractivity contribution is 1.03. The smallest absolute Gasteiger partial charge is 0.227 e. The molecule has 4 rings (SSSR count). The molecule has 2 heterocycles. The number of hydrogen-bond donors (Lipinski definition) is 2. The number of aromatic amines is 1. The molecule has 2 N–H and O–H groups in total. The van der Waals surface area contributed by atoms with E-state index in [2.05, 4.69) is 25.3 Å². The van der Waals surface area contributed by atoms with Gasteiger partial charge in [-0.3, -0.25) is 0 Å². The molecule has 0 atom stereocenters. The molecule has 0 saturated carbocycles. The second-order valence-electron chi connectivity index (χ2n) is 6.02. The van der Waals surface area contributed by atoms with Crippen LogP contribution in [0.25, 0.3) is 11.4 Å². The van der Waals surface area contributed by atoms with Crippen molar-refractivity contribution in [3.05, 3.63) is 87.4 Å². The average Bonchev–Trinajstić information content (AvgIpc) is 3.16. The normalized spacial score (nSPS) is 10.8. The Kier molecular flexibility index (Phi) is 5.48. The molecule has 0 aliphatic carbocycles. The number of aromatic nitrogens is 4. The first-order valence-corrected chi connectivity index (χ1v) is 9.54. The molecule has 5 nitrogen and oxygen atoms in total. The van der Waals surface area contributed by atoms with Gasteiger partial charge in [0.05, 0.1) is 17.6 Å². The zero-order valence-electron chi connectivity index (χ0n) is 14.5. The first kappa shape index (κ1) is 18.7. The molecule has 28 heavy (non-hydrogen) atoms. The summed E-state index contributed by atoms with van der Waals surface area (Å²) in [5.74, 6) is 1.22. The van der Waals surface area contributed by atoms with Gasteiger partial charge in [-0.1, -0.05) is 40.9 Å². The van der Waals surface area contributed by atoms with E-state index in [1.54, 1.807) is 24.5 Å². The van der Waals surface area contributed by atoms with Crippen LogP contribution in [0.1, 0.15) is 11.4 Å². The van der Waals surface area contributed by atoms with Crippen molar-refractivity contribution in [3.63, 3.8) is 0 Å². The molecule has 0 aliphatic rings. The van der Waals surface area contributed by atoms with Gasteiger partial charge in [-0.25, -0.2) is 15.0 Å². The molecule has 140 valence electrons. The van der Waals surface area contributed by atoms with Crippen LogP contribution in [0.15, 0.2) is 60.9 Å². The van der Waals surface area contributed by atoms with Crippen molar-refractivity contribution < 1.29 is 0 Å². The maximum Gasteiger partial charge on any atom is 0.227 e. The monoisotopic (exact) mass is 429 g/mol. The molecule has 0 fully saturated rings. The Morgan fingerprint density at radius 2 is 1.64 bits per heavy atom. The Balaban J connectivity index is 1.54. The summed E-state index contributed by atoms with van der Waals surface area (Å²) in [6.07, 6.45) is 3.92. The molecule has 0 saturated heterocycles. The first-order valence-electron chi connectivity index (χ1n) is 8.41. The predicted molar refractivity (Wildman–Crippen MR) is 114 cm³/mol. The summed E-state index contributed by atoms with van der Waals surface area (Å²) in [4.78, 5) is 16.5. The molecule has 0 amide bonds. The van der Waals surface area contributed by atoms with Crippen molar-refractivity contribution in [2.75, 3.05) is 5.32 Å². The van der Waals surface area contributed by atoms with Gasteiger partial charge in [-0.05, 0) is 48.0 Å². The van der Waals surface area contributed by atoms with Gasteiger partial charge in [0.2, 0.25) is 5.95 Å². The fraction of sp³-hybridized carbons (Fsp3) is 0.0500. The van der Waals surface area contributed by atoms with Crippen molar-refractivity contribution in [1.29, 1.82) is 0 Å². The molecule has 0 bridgehead atoms. The topological polar surface area (TPSA) is 66.5 Å². The predicted octanol–water partition coefficient (Wildman–Crippen LogP) is 6.16. The third kappa shape index (κ3) is 4.28. The second kappa shape index (κ2) is 8.19. The lowest BCUT2D eigenvalue weighted by atomic mass is 10.1. The molecule has 2 aromatic heterocycles. The lowest BCUT2D eigenvalue weighted by Gasteiger charge is -2.06. The maximum absolute atomic E-state index is 6.25. The quantitative estimate of drug-likeness (QED) is 0.398. The summed E-state index contributed by atoms with van der Waals surface area (Å²) < 4.78 is 0. The first-order chi connectivity index (χ1) is 13.6. The third-order valence-electron chi connectivity index (χ3n) is 4.07. The molecule has 2 aromatic carbocycles. The van der Waals surface area contributed by atoms with Crippen molar-refractivity contribution >= 4 is 46.4 Å². The van der Waals surface area contributed by atoms with Crippen LogP contribution < -0.4 is 5.32 Å². The lowest BCUT2D eigenvalue weighted by Crippen LogP contribution is -1.98. The van der Waals surface area contributed by atoms with Crippen LogP contribution in [-0.4, -0.2) is 19.9 Å². The van der Waals surface area contributed by atoms with E-state index in [1.807, 2.05) is 36.4 Å². The number of hydrogen-bond acceptors (Lipinski definition) is 4. The van der Waals surface area contributed by atoms with Gasteiger partial charge in [-0.15, -0.1) is 0 Å². The zero-order valence-corrected chi connectivity index (χ0v) is 16.7. The highest BCUT2D eigenvalue weighted by molar-refractivity contribution is 6.36. The zero-order chi connectivity index (χ0) is 19.5. The molecule has 4 aromatic rings. The Hall–Kier alpha value is -2.60. The SMILES string of the molecule is Clc1ccc(Nc2nccc(-c3cnc(Cc4c(Cl)cccc4Cl)[nH]3)n2)cc1. The van der Waals surface area contributed by atoms with Crippen LogP contribution in [0, 0.1) is 0 Å². The van der Waals surface area contributed by atoms with E-state index in [-0.39, 0.29) is 0 Å². The fourth-order valence-electron chi connectivity index (χ4n) is 2.68. The summed E-state index contributed by atoms with van der Waals surface area (Å²) in [6.45, 7) is 0. The van der Waals surface area contributed by atoms with E-state index in [0.717, 1.165) is 28.5 Å². The molecular weight excluding hydrogens is 417 g/mol. The Labute approximate surface area is 176 Å². The molecule has 8 heteroatoms. The highest BCUT2D eigenvalue weighted by Gasteiger charge is 2.11. The van der Waals surface area contributed by atoms with Gasteiger partial charge in [0, 0.05) is 33.4 Å². The number of nitrogens with one attached hydrogen (secondary N) is 2. The minimum absolute atomic E-state index is 0.477. The maximum atomic E-state index is 6.25. The van der Waals surface area contributed by atoms with Gasteiger partial charge >= 0.3 is 0 Å². The van der Waals surface area contributed by atoms with E-state index in [0.29, 0.717) is 27.4 Å². The number of halogens is 3. The summed E-state index contributed by atoms with van der Waals surface area (Å²) in [6, 6.07) is 14.6. The van der Waals surface area contributed by atoms with Gasteiger partial charge < -0.3 is 10.3 Å².